The molecule has 0 spiro atoms. The van der Waals surface area contributed by atoms with Gasteiger partial charge >= 0.3 is 5.97 Å². The van der Waals surface area contributed by atoms with Gasteiger partial charge < -0.3 is 10.4 Å². The summed E-state index contributed by atoms with van der Waals surface area (Å²) in [5.74, 6) is 0.459. The van der Waals surface area contributed by atoms with E-state index in [-0.39, 0.29) is 0 Å². The van der Waals surface area contributed by atoms with Gasteiger partial charge in [0, 0.05) is 11.4 Å². The molecule has 3 atom stereocenters. The highest BCUT2D eigenvalue weighted by Crippen LogP contribution is 2.37. The van der Waals surface area contributed by atoms with E-state index in [9.17, 15) is 9.90 Å². The zero-order chi connectivity index (χ0) is 14.8. The van der Waals surface area contributed by atoms with Gasteiger partial charge in [0.05, 0.1) is 5.69 Å². The van der Waals surface area contributed by atoms with Crippen molar-refractivity contribution < 1.29 is 9.90 Å². The number of hydrogen-bond donors (Lipinski definition) is 2. The van der Waals surface area contributed by atoms with Crippen LogP contribution in [0.1, 0.15) is 61.9 Å². The third kappa shape index (κ3) is 3.39. The monoisotopic (exact) mass is 308 g/mol. The molecule has 5 heteroatoms. The molecule has 0 amide bonds. The van der Waals surface area contributed by atoms with E-state index >= 15 is 0 Å². The SMILES string of the molecule is CC1CCCC(CNc2nc3c(s2)CCCC3C(=O)O)C1. The first-order valence-corrected chi connectivity index (χ1v) is 8.91. The summed E-state index contributed by atoms with van der Waals surface area (Å²) in [5, 5.41) is 13.7. The van der Waals surface area contributed by atoms with Gasteiger partial charge in [0.2, 0.25) is 0 Å². The van der Waals surface area contributed by atoms with E-state index in [2.05, 4.69) is 17.2 Å². The summed E-state index contributed by atoms with van der Waals surface area (Å²) in [7, 11) is 0. The molecule has 1 saturated carbocycles. The molecule has 4 nitrogen and oxygen atoms in total. The smallest absolute Gasteiger partial charge is 0.312 e. The number of fused-ring (bicyclic) bond motifs is 1. The van der Waals surface area contributed by atoms with Crippen LogP contribution >= 0.6 is 11.3 Å². The fraction of sp³-hybridized carbons (Fsp3) is 0.750. The lowest BCUT2D eigenvalue weighted by Crippen LogP contribution is -2.21. The summed E-state index contributed by atoms with van der Waals surface area (Å²) in [6, 6.07) is 0. The molecule has 1 aromatic heterocycles. The van der Waals surface area contributed by atoms with Crippen LogP contribution in [0.3, 0.4) is 0 Å². The van der Waals surface area contributed by atoms with E-state index in [4.69, 9.17) is 0 Å². The average Bonchev–Trinajstić information content (AvgIpc) is 2.87. The Kier molecular flexibility index (Phi) is 4.48. The highest BCUT2D eigenvalue weighted by molar-refractivity contribution is 7.15. The number of aryl methyl sites for hydroxylation is 1. The molecule has 3 unspecified atom stereocenters. The number of aliphatic carboxylic acids is 1. The Morgan fingerprint density at radius 1 is 1.38 bits per heavy atom. The number of carbonyl (C=O) groups is 1. The molecule has 1 aromatic rings. The van der Waals surface area contributed by atoms with Gasteiger partial charge in [0.25, 0.3) is 0 Å². The number of aromatic nitrogens is 1. The lowest BCUT2D eigenvalue weighted by Gasteiger charge is -2.26. The summed E-state index contributed by atoms with van der Waals surface area (Å²) >= 11 is 1.66. The molecule has 0 aromatic carbocycles. The van der Waals surface area contributed by atoms with Gasteiger partial charge in [-0.05, 0) is 43.9 Å². The van der Waals surface area contributed by atoms with Crippen LogP contribution in [0.2, 0.25) is 0 Å². The summed E-state index contributed by atoms with van der Waals surface area (Å²) < 4.78 is 0. The Morgan fingerprint density at radius 3 is 3.00 bits per heavy atom. The zero-order valence-corrected chi connectivity index (χ0v) is 13.4. The Balaban J connectivity index is 1.63. The highest BCUT2D eigenvalue weighted by Gasteiger charge is 2.30. The fourth-order valence-electron chi connectivity index (χ4n) is 3.71. The summed E-state index contributed by atoms with van der Waals surface area (Å²) in [6.07, 6.45) is 7.98. The van der Waals surface area contributed by atoms with Crippen molar-refractivity contribution in [1.82, 2.24) is 4.98 Å². The van der Waals surface area contributed by atoms with Crippen LogP contribution in [-0.4, -0.2) is 22.6 Å². The summed E-state index contributed by atoms with van der Waals surface area (Å²) in [6.45, 7) is 3.32. The predicted molar refractivity (Wildman–Crippen MR) is 85.0 cm³/mol. The number of hydrogen-bond acceptors (Lipinski definition) is 4. The lowest BCUT2D eigenvalue weighted by molar-refractivity contribution is -0.139. The maximum absolute atomic E-state index is 11.3. The van der Waals surface area contributed by atoms with Gasteiger partial charge in [0.1, 0.15) is 5.92 Å². The normalized spacial score (nSPS) is 28.9. The van der Waals surface area contributed by atoms with E-state index in [1.807, 2.05) is 0 Å². The van der Waals surface area contributed by atoms with Gasteiger partial charge in [0.15, 0.2) is 5.13 Å². The maximum Gasteiger partial charge on any atom is 0.312 e. The van der Waals surface area contributed by atoms with Crippen molar-refractivity contribution >= 4 is 22.4 Å². The van der Waals surface area contributed by atoms with E-state index in [1.54, 1.807) is 11.3 Å². The number of carboxylic acid groups (broad SMARTS) is 1. The molecule has 3 rings (SSSR count). The predicted octanol–water partition coefficient (Wildman–Crippen LogP) is 3.89. The van der Waals surface area contributed by atoms with Crippen molar-refractivity contribution in [3.05, 3.63) is 10.6 Å². The molecule has 0 saturated heterocycles. The number of rotatable bonds is 4. The molecule has 116 valence electrons. The van der Waals surface area contributed by atoms with Crippen LogP contribution < -0.4 is 5.32 Å². The number of thiazole rings is 1. The zero-order valence-electron chi connectivity index (χ0n) is 12.6. The Bertz CT molecular complexity index is 514. The molecular formula is C16H24N2O2S. The van der Waals surface area contributed by atoms with Gasteiger partial charge in [-0.15, -0.1) is 11.3 Å². The van der Waals surface area contributed by atoms with Crippen molar-refractivity contribution in [2.45, 2.75) is 57.8 Å². The summed E-state index contributed by atoms with van der Waals surface area (Å²) in [5.41, 5.74) is 0.818. The maximum atomic E-state index is 11.3. The first kappa shape index (κ1) is 14.8. The van der Waals surface area contributed by atoms with E-state index in [0.717, 1.165) is 48.5 Å². The van der Waals surface area contributed by atoms with Gasteiger partial charge in [-0.1, -0.05) is 19.8 Å². The molecule has 0 aliphatic heterocycles. The number of nitrogens with zero attached hydrogens (tertiary/aromatic N) is 1. The molecular weight excluding hydrogens is 284 g/mol. The third-order valence-corrected chi connectivity index (χ3v) is 5.93. The van der Waals surface area contributed by atoms with Crippen LogP contribution in [0.4, 0.5) is 5.13 Å². The van der Waals surface area contributed by atoms with Crippen LogP contribution in [0.5, 0.6) is 0 Å². The lowest BCUT2D eigenvalue weighted by atomic mass is 9.82. The molecule has 2 aliphatic rings. The Hall–Kier alpha value is -1.10. The fourth-order valence-corrected chi connectivity index (χ4v) is 4.78. The van der Waals surface area contributed by atoms with E-state index < -0.39 is 11.9 Å². The highest BCUT2D eigenvalue weighted by atomic mass is 32.1. The number of carboxylic acids is 1. The van der Waals surface area contributed by atoms with Crippen LogP contribution in [-0.2, 0) is 11.2 Å². The molecule has 2 N–H and O–H groups in total. The number of anilines is 1. The average molecular weight is 308 g/mol. The largest absolute Gasteiger partial charge is 0.481 e. The first-order chi connectivity index (χ1) is 10.1. The van der Waals surface area contributed by atoms with Gasteiger partial charge in [-0.3, -0.25) is 4.79 Å². The molecule has 1 heterocycles. The first-order valence-electron chi connectivity index (χ1n) is 8.09. The van der Waals surface area contributed by atoms with Gasteiger partial charge in [-0.25, -0.2) is 4.98 Å². The van der Waals surface area contributed by atoms with Crippen molar-refractivity contribution in [2.24, 2.45) is 11.8 Å². The van der Waals surface area contributed by atoms with Crippen LogP contribution in [0.15, 0.2) is 0 Å². The summed E-state index contributed by atoms with van der Waals surface area (Å²) in [4.78, 5) is 17.1. The van der Waals surface area contributed by atoms with Crippen LogP contribution in [0, 0.1) is 11.8 Å². The molecule has 0 radical (unpaired) electrons. The van der Waals surface area contributed by atoms with E-state index in [1.165, 1.54) is 30.6 Å². The van der Waals surface area contributed by atoms with Crippen molar-refractivity contribution in [2.75, 3.05) is 11.9 Å². The minimum Gasteiger partial charge on any atom is -0.481 e. The minimum absolute atomic E-state index is 0.393. The van der Waals surface area contributed by atoms with Crippen molar-refractivity contribution in [1.29, 1.82) is 0 Å². The number of nitrogens with one attached hydrogen (secondary N) is 1. The minimum atomic E-state index is -0.728. The van der Waals surface area contributed by atoms with E-state index in [0.29, 0.717) is 0 Å². The van der Waals surface area contributed by atoms with Crippen molar-refractivity contribution in [3.63, 3.8) is 0 Å². The molecule has 1 fully saturated rings. The second kappa shape index (κ2) is 6.34. The molecule has 2 aliphatic carbocycles. The third-order valence-electron chi connectivity index (χ3n) is 4.84. The quantitative estimate of drug-likeness (QED) is 0.886. The second-order valence-electron chi connectivity index (χ2n) is 6.63. The Labute approximate surface area is 130 Å². The standard InChI is InChI=1S/C16H24N2O2S/c1-10-4-2-5-11(8-10)9-17-16-18-14-12(15(19)20)6-3-7-13(14)21-16/h10-12H,2-9H2,1H3,(H,17,18)(H,19,20). The molecule has 21 heavy (non-hydrogen) atoms. The van der Waals surface area contributed by atoms with Crippen molar-refractivity contribution in [3.8, 4) is 0 Å². The topological polar surface area (TPSA) is 62.2 Å². The van der Waals surface area contributed by atoms with Gasteiger partial charge in [-0.2, -0.15) is 0 Å². The second-order valence-corrected chi connectivity index (χ2v) is 7.71. The molecule has 0 bridgehead atoms. The van der Waals surface area contributed by atoms with Crippen LogP contribution in [0.25, 0.3) is 0 Å². The Morgan fingerprint density at radius 2 is 2.24 bits per heavy atom.